The molecule has 4 nitrogen and oxygen atoms in total. The second-order valence-corrected chi connectivity index (χ2v) is 2.35. The van der Waals surface area contributed by atoms with E-state index in [1.54, 1.807) is 7.05 Å². The maximum Gasteiger partial charge on any atom is 0.180 e. The molecule has 12 heavy (non-hydrogen) atoms. The van der Waals surface area contributed by atoms with E-state index < -0.39 is 0 Å². The summed E-state index contributed by atoms with van der Waals surface area (Å²) in [5, 5.41) is 11.9. The number of aromatic nitrogens is 1. The molecule has 0 unspecified atom stereocenters. The number of likely N-dealkylation sites (N-methyl/N-ethyl adjacent to an activating group) is 1. The van der Waals surface area contributed by atoms with Crippen molar-refractivity contribution in [2.45, 2.75) is 0 Å². The van der Waals surface area contributed by atoms with Gasteiger partial charge >= 0.3 is 0 Å². The van der Waals surface area contributed by atoms with E-state index in [-0.39, 0.29) is 18.1 Å². The molecule has 0 aliphatic rings. The molecule has 1 aromatic rings. The summed E-state index contributed by atoms with van der Waals surface area (Å²) < 4.78 is 0. The number of hydrogen-bond donors (Lipinski definition) is 2. The second kappa shape index (κ2) is 3.82. The molecule has 4 heteroatoms. The van der Waals surface area contributed by atoms with Crippen LogP contribution in [0.5, 0.6) is 5.75 Å². The fourth-order valence-electron chi connectivity index (χ4n) is 0.878. The molecular weight excluding hydrogens is 156 g/mol. The molecular formula is C8H10N2O2. The van der Waals surface area contributed by atoms with Gasteiger partial charge in [-0.1, -0.05) is 0 Å². The molecule has 0 spiro atoms. The SMILES string of the molecule is CNCC(=O)c1ccncc1O. The highest BCUT2D eigenvalue weighted by Gasteiger charge is 2.08. The van der Waals surface area contributed by atoms with Crippen LogP contribution in [0.15, 0.2) is 18.5 Å². The van der Waals surface area contributed by atoms with Crippen LogP contribution < -0.4 is 5.32 Å². The Morgan fingerprint density at radius 3 is 3.08 bits per heavy atom. The minimum absolute atomic E-state index is 0.0715. The van der Waals surface area contributed by atoms with Crippen LogP contribution in [0.3, 0.4) is 0 Å². The van der Waals surface area contributed by atoms with E-state index in [9.17, 15) is 9.90 Å². The van der Waals surface area contributed by atoms with E-state index >= 15 is 0 Å². The van der Waals surface area contributed by atoms with Crippen LogP contribution in [-0.4, -0.2) is 29.5 Å². The van der Waals surface area contributed by atoms with Crippen molar-refractivity contribution in [3.05, 3.63) is 24.0 Å². The van der Waals surface area contributed by atoms with Gasteiger partial charge in [0.2, 0.25) is 0 Å². The van der Waals surface area contributed by atoms with Crippen molar-refractivity contribution >= 4 is 5.78 Å². The Hall–Kier alpha value is -1.42. The average molecular weight is 166 g/mol. The van der Waals surface area contributed by atoms with Crippen molar-refractivity contribution in [3.8, 4) is 5.75 Å². The van der Waals surface area contributed by atoms with Gasteiger partial charge in [-0.25, -0.2) is 0 Å². The fourth-order valence-corrected chi connectivity index (χ4v) is 0.878. The number of carbonyl (C=O) groups is 1. The zero-order valence-electron chi connectivity index (χ0n) is 6.74. The maximum absolute atomic E-state index is 11.2. The molecule has 0 fully saturated rings. The molecule has 1 rings (SSSR count). The van der Waals surface area contributed by atoms with E-state index in [0.717, 1.165) is 0 Å². The summed E-state index contributed by atoms with van der Waals surface area (Å²) in [5.41, 5.74) is 0.305. The molecule has 0 saturated heterocycles. The van der Waals surface area contributed by atoms with Gasteiger partial charge < -0.3 is 10.4 Å². The minimum Gasteiger partial charge on any atom is -0.506 e. The quantitative estimate of drug-likeness (QED) is 0.629. The number of hydrogen-bond acceptors (Lipinski definition) is 4. The molecule has 2 N–H and O–H groups in total. The normalized spacial score (nSPS) is 9.75. The molecule has 1 heterocycles. The van der Waals surface area contributed by atoms with Crippen LogP contribution in [0, 0.1) is 0 Å². The number of Topliss-reactive ketones (excluding diaryl/α,β-unsaturated/α-hetero) is 1. The average Bonchev–Trinajstić information content (AvgIpc) is 2.05. The van der Waals surface area contributed by atoms with E-state index in [4.69, 9.17) is 0 Å². The summed E-state index contributed by atoms with van der Waals surface area (Å²) in [6.45, 7) is 0.220. The van der Waals surface area contributed by atoms with Crippen molar-refractivity contribution in [1.29, 1.82) is 0 Å². The topological polar surface area (TPSA) is 62.2 Å². The van der Waals surface area contributed by atoms with Gasteiger partial charge in [0.25, 0.3) is 0 Å². The predicted octanol–water partition coefficient (Wildman–Crippen LogP) is 0.189. The maximum atomic E-state index is 11.2. The van der Waals surface area contributed by atoms with E-state index in [2.05, 4.69) is 10.3 Å². The van der Waals surface area contributed by atoms with Crippen LogP contribution in [0.25, 0.3) is 0 Å². The lowest BCUT2D eigenvalue weighted by atomic mass is 10.1. The van der Waals surface area contributed by atoms with E-state index in [0.29, 0.717) is 5.56 Å². The summed E-state index contributed by atoms with van der Waals surface area (Å²) in [4.78, 5) is 14.9. The Morgan fingerprint density at radius 1 is 1.75 bits per heavy atom. The number of pyridine rings is 1. The lowest BCUT2D eigenvalue weighted by Crippen LogP contribution is -2.18. The molecule has 1 aromatic heterocycles. The van der Waals surface area contributed by atoms with Gasteiger partial charge in [0.05, 0.1) is 18.3 Å². The van der Waals surface area contributed by atoms with Crippen molar-refractivity contribution in [3.63, 3.8) is 0 Å². The van der Waals surface area contributed by atoms with Crippen molar-refractivity contribution in [2.75, 3.05) is 13.6 Å². The lowest BCUT2D eigenvalue weighted by Gasteiger charge is -2.00. The van der Waals surface area contributed by atoms with Crippen molar-refractivity contribution in [1.82, 2.24) is 10.3 Å². The lowest BCUT2D eigenvalue weighted by molar-refractivity contribution is 0.0991. The summed E-state index contributed by atoms with van der Waals surface area (Å²) in [6, 6.07) is 1.50. The first-order valence-corrected chi connectivity index (χ1v) is 3.56. The van der Waals surface area contributed by atoms with Gasteiger partial charge in [0, 0.05) is 6.20 Å². The van der Waals surface area contributed by atoms with Crippen LogP contribution in [-0.2, 0) is 0 Å². The molecule has 0 bridgehead atoms. The van der Waals surface area contributed by atoms with Crippen LogP contribution in [0.1, 0.15) is 10.4 Å². The Balaban J connectivity index is 2.87. The highest BCUT2D eigenvalue weighted by atomic mass is 16.3. The van der Waals surface area contributed by atoms with Gasteiger partial charge in [-0.15, -0.1) is 0 Å². The first-order valence-electron chi connectivity index (χ1n) is 3.56. The third kappa shape index (κ3) is 1.79. The van der Waals surface area contributed by atoms with Gasteiger partial charge in [-0.05, 0) is 13.1 Å². The standard InChI is InChI=1S/C8H10N2O2/c1-9-4-7(11)6-2-3-10-5-8(6)12/h2-3,5,9,12H,4H2,1H3. The summed E-state index contributed by atoms with van der Waals surface area (Å²) in [7, 11) is 1.68. The molecule has 0 aliphatic heterocycles. The Bertz CT molecular complexity index is 286. The smallest absolute Gasteiger partial charge is 0.180 e. The number of aromatic hydroxyl groups is 1. The fraction of sp³-hybridized carbons (Fsp3) is 0.250. The highest BCUT2D eigenvalue weighted by Crippen LogP contribution is 2.13. The first-order chi connectivity index (χ1) is 5.75. The molecule has 64 valence electrons. The Morgan fingerprint density at radius 2 is 2.50 bits per heavy atom. The van der Waals surface area contributed by atoms with Crippen LogP contribution in [0.2, 0.25) is 0 Å². The third-order valence-corrected chi connectivity index (χ3v) is 1.44. The zero-order chi connectivity index (χ0) is 8.97. The van der Waals surface area contributed by atoms with Crippen molar-refractivity contribution in [2.24, 2.45) is 0 Å². The Labute approximate surface area is 70.3 Å². The van der Waals surface area contributed by atoms with Gasteiger partial charge in [0.15, 0.2) is 5.78 Å². The molecule has 0 amide bonds. The Kier molecular flexibility index (Phi) is 2.76. The summed E-state index contributed by atoms with van der Waals surface area (Å²) in [5.74, 6) is -0.213. The monoisotopic (exact) mass is 166 g/mol. The molecule has 0 saturated carbocycles. The van der Waals surface area contributed by atoms with E-state index in [1.165, 1.54) is 18.5 Å². The first kappa shape index (κ1) is 8.67. The summed E-state index contributed by atoms with van der Waals surface area (Å²) >= 11 is 0. The summed E-state index contributed by atoms with van der Waals surface area (Å²) in [6.07, 6.45) is 2.73. The molecule has 0 atom stereocenters. The number of nitrogens with one attached hydrogen (secondary N) is 1. The number of nitrogens with zero attached hydrogens (tertiary/aromatic N) is 1. The van der Waals surface area contributed by atoms with Crippen LogP contribution >= 0.6 is 0 Å². The largest absolute Gasteiger partial charge is 0.506 e. The van der Waals surface area contributed by atoms with E-state index in [1.807, 2.05) is 0 Å². The number of ketones is 1. The third-order valence-electron chi connectivity index (χ3n) is 1.44. The van der Waals surface area contributed by atoms with Gasteiger partial charge in [-0.3, -0.25) is 9.78 Å². The second-order valence-electron chi connectivity index (χ2n) is 2.35. The number of carbonyl (C=O) groups excluding carboxylic acids is 1. The molecule has 0 aliphatic carbocycles. The zero-order valence-corrected chi connectivity index (χ0v) is 6.74. The van der Waals surface area contributed by atoms with Crippen LogP contribution in [0.4, 0.5) is 0 Å². The molecule has 0 aromatic carbocycles. The van der Waals surface area contributed by atoms with Crippen molar-refractivity contribution < 1.29 is 9.90 Å². The van der Waals surface area contributed by atoms with Gasteiger partial charge in [0.1, 0.15) is 5.75 Å². The highest BCUT2D eigenvalue weighted by molar-refractivity contribution is 5.99. The number of rotatable bonds is 3. The minimum atomic E-state index is -0.141. The predicted molar refractivity (Wildman–Crippen MR) is 44.2 cm³/mol. The van der Waals surface area contributed by atoms with Gasteiger partial charge in [-0.2, -0.15) is 0 Å². The molecule has 0 radical (unpaired) electrons.